The number of aliphatic hydroxyl groups is 1. The van der Waals surface area contributed by atoms with Crippen LogP contribution < -0.4 is 16.2 Å². The summed E-state index contributed by atoms with van der Waals surface area (Å²) in [5, 5.41) is 26.1. The Kier molecular flexibility index (Phi) is 5.00. The van der Waals surface area contributed by atoms with E-state index in [1.807, 2.05) is 26.8 Å². The van der Waals surface area contributed by atoms with E-state index in [-0.39, 0.29) is 30.0 Å². The van der Waals surface area contributed by atoms with Crippen molar-refractivity contribution in [2.45, 2.75) is 32.9 Å². The Morgan fingerprint density at radius 3 is 2.59 bits per heavy atom. The van der Waals surface area contributed by atoms with E-state index in [0.29, 0.717) is 22.8 Å². The number of hydrogen-bond donors (Lipinski definition) is 4. The second kappa shape index (κ2) is 7.24. The van der Waals surface area contributed by atoms with Crippen LogP contribution in [0.3, 0.4) is 0 Å². The second-order valence-electron chi connectivity index (χ2n) is 7.26. The largest absolute Gasteiger partial charge is 0.506 e. The lowest BCUT2D eigenvalue weighted by Gasteiger charge is -2.23. The van der Waals surface area contributed by atoms with E-state index >= 15 is 0 Å². The summed E-state index contributed by atoms with van der Waals surface area (Å²) in [4.78, 5) is 21.5. The van der Waals surface area contributed by atoms with Crippen molar-refractivity contribution in [1.29, 1.82) is 0 Å². The van der Waals surface area contributed by atoms with Crippen molar-refractivity contribution < 1.29 is 10.2 Å². The molecule has 4 N–H and O–H groups in total. The molecule has 0 aliphatic carbocycles. The van der Waals surface area contributed by atoms with Gasteiger partial charge in [-0.1, -0.05) is 0 Å². The fourth-order valence-corrected chi connectivity index (χ4v) is 2.69. The van der Waals surface area contributed by atoms with Gasteiger partial charge in [-0.2, -0.15) is 0 Å². The predicted molar refractivity (Wildman–Crippen MR) is 106 cm³/mol. The Hall–Kier alpha value is -3.13. The lowest BCUT2D eigenvalue weighted by molar-refractivity contribution is 0.274. The molecule has 0 aromatic carbocycles. The third-order valence-electron chi connectivity index (χ3n) is 3.80. The van der Waals surface area contributed by atoms with Gasteiger partial charge >= 0.3 is 0 Å². The van der Waals surface area contributed by atoms with Crippen molar-refractivity contribution in [2.75, 3.05) is 17.2 Å². The number of rotatable bonds is 5. The molecule has 3 aromatic heterocycles. The van der Waals surface area contributed by atoms with Crippen LogP contribution in [-0.2, 0) is 6.54 Å². The highest BCUT2D eigenvalue weighted by atomic mass is 16.3. The van der Waals surface area contributed by atoms with Crippen molar-refractivity contribution in [2.24, 2.45) is 0 Å². The maximum absolute atomic E-state index is 12.8. The monoisotopic (exact) mass is 369 g/mol. The van der Waals surface area contributed by atoms with E-state index < -0.39 is 0 Å². The molecular formula is C19H23N5O3. The summed E-state index contributed by atoms with van der Waals surface area (Å²) < 4.78 is 1.46. The summed E-state index contributed by atoms with van der Waals surface area (Å²) in [7, 11) is 0. The summed E-state index contributed by atoms with van der Waals surface area (Å²) in [6.45, 7) is 6.06. The molecule has 0 aliphatic heterocycles. The Morgan fingerprint density at radius 1 is 1.19 bits per heavy atom. The number of aromatic nitrogens is 3. The number of nitrogens with zero attached hydrogens (tertiary/aromatic N) is 3. The van der Waals surface area contributed by atoms with Crippen molar-refractivity contribution in [3.8, 4) is 5.75 Å². The normalized spacial score (nSPS) is 11.6. The van der Waals surface area contributed by atoms with Gasteiger partial charge in [0.1, 0.15) is 23.2 Å². The number of fused-ring (bicyclic) bond motifs is 1. The molecule has 0 atom stereocenters. The van der Waals surface area contributed by atoms with Crippen molar-refractivity contribution in [1.82, 2.24) is 14.5 Å². The average molecular weight is 369 g/mol. The Bertz CT molecular complexity index is 1010. The SMILES string of the molecule is CC(C)(C)Nc1nc(Nc2ccc(O)cn2)cc2ccn(CCO)c(=O)c12. The van der Waals surface area contributed by atoms with E-state index in [2.05, 4.69) is 20.6 Å². The standard InChI is InChI=1S/C19H23N5O3/c1-19(2,3)23-17-16-12(6-7-24(8-9-25)18(16)27)10-15(22-17)21-14-5-4-13(26)11-20-14/h4-7,10-11,25-26H,8-9H2,1-3H3,(H2,20,21,22,23). The summed E-state index contributed by atoms with van der Waals surface area (Å²) in [5.41, 5.74) is -0.519. The molecule has 3 rings (SSSR count). The van der Waals surface area contributed by atoms with Crippen LogP contribution in [0.2, 0.25) is 0 Å². The fraction of sp³-hybridized carbons (Fsp3) is 0.316. The molecule has 8 nitrogen and oxygen atoms in total. The number of hydrogen-bond acceptors (Lipinski definition) is 7. The van der Waals surface area contributed by atoms with Gasteiger partial charge in [-0.05, 0) is 50.4 Å². The first-order valence-electron chi connectivity index (χ1n) is 8.62. The molecule has 0 amide bonds. The van der Waals surface area contributed by atoms with Crippen LogP contribution >= 0.6 is 0 Å². The quantitative estimate of drug-likeness (QED) is 0.546. The van der Waals surface area contributed by atoms with Gasteiger partial charge in [-0.15, -0.1) is 0 Å². The third kappa shape index (κ3) is 4.35. The van der Waals surface area contributed by atoms with Crippen LogP contribution in [-0.4, -0.2) is 36.9 Å². The van der Waals surface area contributed by atoms with E-state index in [1.165, 1.54) is 16.8 Å². The van der Waals surface area contributed by atoms with Crippen LogP contribution in [0.5, 0.6) is 5.75 Å². The number of aliphatic hydroxyl groups excluding tert-OH is 1. The van der Waals surface area contributed by atoms with Gasteiger partial charge in [-0.25, -0.2) is 9.97 Å². The van der Waals surface area contributed by atoms with Crippen molar-refractivity contribution in [3.63, 3.8) is 0 Å². The van der Waals surface area contributed by atoms with Gasteiger partial charge < -0.3 is 25.4 Å². The minimum absolute atomic E-state index is 0.0755. The smallest absolute Gasteiger partial charge is 0.262 e. The molecule has 0 unspecified atom stereocenters. The topological polar surface area (TPSA) is 112 Å². The highest BCUT2D eigenvalue weighted by Gasteiger charge is 2.17. The highest BCUT2D eigenvalue weighted by molar-refractivity contribution is 5.93. The number of nitrogens with one attached hydrogen (secondary N) is 2. The lowest BCUT2D eigenvalue weighted by Crippen LogP contribution is -2.29. The van der Waals surface area contributed by atoms with E-state index in [0.717, 1.165) is 5.39 Å². The zero-order valence-corrected chi connectivity index (χ0v) is 15.5. The first kappa shape index (κ1) is 18.7. The molecule has 142 valence electrons. The summed E-state index contributed by atoms with van der Waals surface area (Å²) in [6, 6.07) is 6.75. The first-order chi connectivity index (χ1) is 12.8. The molecule has 0 bridgehead atoms. The lowest BCUT2D eigenvalue weighted by atomic mass is 10.1. The molecule has 0 spiro atoms. The van der Waals surface area contributed by atoms with Crippen LogP contribution in [0.25, 0.3) is 10.8 Å². The zero-order valence-electron chi connectivity index (χ0n) is 15.5. The molecule has 27 heavy (non-hydrogen) atoms. The molecule has 0 aliphatic rings. The minimum atomic E-state index is -0.306. The van der Waals surface area contributed by atoms with Gasteiger partial charge in [0.25, 0.3) is 5.56 Å². The first-order valence-corrected chi connectivity index (χ1v) is 8.62. The molecule has 0 fully saturated rings. The zero-order chi connectivity index (χ0) is 19.6. The Labute approximate surface area is 156 Å². The second-order valence-corrected chi connectivity index (χ2v) is 7.26. The Balaban J connectivity index is 2.12. The van der Waals surface area contributed by atoms with E-state index in [9.17, 15) is 15.0 Å². The van der Waals surface area contributed by atoms with Crippen LogP contribution in [0, 0.1) is 0 Å². The maximum atomic E-state index is 12.8. The summed E-state index contributed by atoms with van der Waals surface area (Å²) >= 11 is 0. The molecule has 0 saturated carbocycles. The van der Waals surface area contributed by atoms with Gasteiger partial charge in [-0.3, -0.25) is 4.79 Å². The number of pyridine rings is 3. The molecule has 8 heteroatoms. The van der Waals surface area contributed by atoms with Gasteiger partial charge in [0.2, 0.25) is 0 Å². The molecule has 0 radical (unpaired) electrons. The highest BCUT2D eigenvalue weighted by Crippen LogP contribution is 2.26. The Morgan fingerprint density at radius 2 is 1.96 bits per heavy atom. The summed E-state index contributed by atoms with van der Waals surface area (Å²) in [5.74, 6) is 1.58. The van der Waals surface area contributed by atoms with Gasteiger partial charge in [0, 0.05) is 18.3 Å². The molecule has 3 aromatic rings. The molecule has 3 heterocycles. The third-order valence-corrected chi connectivity index (χ3v) is 3.80. The maximum Gasteiger partial charge on any atom is 0.262 e. The van der Waals surface area contributed by atoms with Crippen molar-refractivity contribution in [3.05, 3.63) is 47.0 Å². The van der Waals surface area contributed by atoms with E-state index in [4.69, 9.17) is 0 Å². The average Bonchev–Trinajstić information content (AvgIpc) is 2.58. The molecule has 0 saturated heterocycles. The fourth-order valence-electron chi connectivity index (χ4n) is 2.69. The van der Waals surface area contributed by atoms with Crippen LogP contribution in [0.15, 0.2) is 41.5 Å². The number of aromatic hydroxyl groups is 1. The minimum Gasteiger partial charge on any atom is -0.506 e. The van der Waals surface area contributed by atoms with Crippen LogP contribution in [0.1, 0.15) is 20.8 Å². The predicted octanol–water partition coefficient (Wildman–Crippen LogP) is 2.44. The van der Waals surface area contributed by atoms with Gasteiger partial charge in [0.05, 0.1) is 18.2 Å². The van der Waals surface area contributed by atoms with E-state index in [1.54, 1.807) is 18.3 Å². The number of anilines is 3. The van der Waals surface area contributed by atoms with Crippen molar-refractivity contribution >= 4 is 28.2 Å². The molecular weight excluding hydrogens is 346 g/mol. The van der Waals surface area contributed by atoms with Gasteiger partial charge in [0.15, 0.2) is 0 Å². The van der Waals surface area contributed by atoms with Crippen LogP contribution in [0.4, 0.5) is 17.5 Å². The summed E-state index contributed by atoms with van der Waals surface area (Å²) in [6.07, 6.45) is 3.00.